The lowest BCUT2D eigenvalue weighted by molar-refractivity contribution is -0.125. The molecular weight excluding hydrogens is 330 g/mol. The Labute approximate surface area is 123 Å². The van der Waals surface area contributed by atoms with Gasteiger partial charge in [0.05, 0.1) is 13.1 Å². The second kappa shape index (κ2) is 6.56. The molecule has 3 amide bonds. The molecule has 1 saturated carbocycles. The molecule has 0 aliphatic heterocycles. The van der Waals surface area contributed by atoms with Crippen LogP contribution in [-0.2, 0) is 9.59 Å². The van der Waals surface area contributed by atoms with Crippen molar-refractivity contribution in [2.45, 2.75) is 18.9 Å². The molecule has 0 spiro atoms. The maximum absolute atomic E-state index is 11.6. The van der Waals surface area contributed by atoms with Crippen LogP contribution in [0.4, 0.5) is 0 Å². The largest absolute Gasteiger partial charge is 0.444 e. The molecule has 0 unspecified atom stereocenters. The minimum absolute atomic E-state index is 0.0858. The Morgan fingerprint density at radius 2 is 1.85 bits per heavy atom. The first-order chi connectivity index (χ1) is 9.54. The molecule has 1 heterocycles. The summed E-state index contributed by atoms with van der Waals surface area (Å²) >= 11 is 3.08. The van der Waals surface area contributed by atoms with Crippen LogP contribution >= 0.6 is 15.9 Å². The molecule has 8 heteroatoms. The minimum Gasteiger partial charge on any atom is -0.444 e. The number of hydrogen-bond acceptors (Lipinski definition) is 4. The van der Waals surface area contributed by atoms with Gasteiger partial charge in [-0.05, 0) is 40.9 Å². The maximum atomic E-state index is 11.6. The second-order valence-electron chi connectivity index (χ2n) is 4.40. The minimum atomic E-state index is -0.492. The zero-order valence-corrected chi connectivity index (χ0v) is 12.2. The third-order valence-corrected chi connectivity index (χ3v) is 3.02. The van der Waals surface area contributed by atoms with Crippen LogP contribution in [0.5, 0.6) is 0 Å². The highest BCUT2D eigenvalue weighted by atomic mass is 79.9. The molecule has 108 valence electrons. The third-order valence-electron chi connectivity index (χ3n) is 2.60. The van der Waals surface area contributed by atoms with Gasteiger partial charge in [0, 0.05) is 6.04 Å². The number of halogens is 1. The van der Waals surface area contributed by atoms with E-state index in [1.165, 1.54) is 6.07 Å². The van der Waals surface area contributed by atoms with E-state index in [1.807, 2.05) is 0 Å². The lowest BCUT2D eigenvalue weighted by Crippen LogP contribution is -2.42. The van der Waals surface area contributed by atoms with Crippen LogP contribution in [-0.4, -0.2) is 36.9 Å². The fourth-order valence-corrected chi connectivity index (χ4v) is 1.74. The van der Waals surface area contributed by atoms with Gasteiger partial charge in [0.15, 0.2) is 10.4 Å². The zero-order chi connectivity index (χ0) is 14.5. The molecule has 20 heavy (non-hydrogen) atoms. The van der Waals surface area contributed by atoms with Crippen LogP contribution in [0.25, 0.3) is 0 Å². The molecule has 0 radical (unpaired) electrons. The number of nitrogens with one attached hydrogen (secondary N) is 3. The first-order valence-corrected chi connectivity index (χ1v) is 6.93. The van der Waals surface area contributed by atoms with Crippen molar-refractivity contribution in [1.29, 1.82) is 0 Å². The highest BCUT2D eigenvalue weighted by Gasteiger charge is 2.23. The number of amides is 3. The van der Waals surface area contributed by atoms with E-state index in [1.54, 1.807) is 6.07 Å². The van der Waals surface area contributed by atoms with Crippen molar-refractivity contribution in [3.8, 4) is 0 Å². The Kier molecular flexibility index (Phi) is 4.78. The predicted octanol–water partition coefficient (Wildman–Crippen LogP) is 0.167. The van der Waals surface area contributed by atoms with E-state index < -0.39 is 11.8 Å². The van der Waals surface area contributed by atoms with Crippen molar-refractivity contribution >= 4 is 33.7 Å². The van der Waals surface area contributed by atoms with Gasteiger partial charge in [-0.15, -0.1) is 0 Å². The lowest BCUT2D eigenvalue weighted by atomic mass is 10.4. The van der Waals surface area contributed by atoms with Gasteiger partial charge in [-0.25, -0.2) is 0 Å². The quantitative estimate of drug-likeness (QED) is 0.685. The summed E-state index contributed by atoms with van der Waals surface area (Å²) in [4.78, 5) is 34.3. The molecule has 7 nitrogen and oxygen atoms in total. The summed E-state index contributed by atoms with van der Waals surface area (Å²) < 4.78 is 5.47. The van der Waals surface area contributed by atoms with Gasteiger partial charge in [-0.1, -0.05) is 0 Å². The van der Waals surface area contributed by atoms with E-state index in [0.29, 0.717) is 4.67 Å². The number of furan rings is 1. The standard InChI is InChI=1S/C12H14BrN3O4/c13-9-4-3-8(20-9)12(19)15-5-10(17)14-6-11(18)16-7-1-2-7/h3-4,7H,1-2,5-6H2,(H,14,17)(H,15,19)(H,16,18). The highest BCUT2D eigenvalue weighted by Crippen LogP contribution is 2.18. The number of rotatable bonds is 6. The molecule has 0 saturated heterocycles. The third kappa shape index (κ3) is 4.69. The summed E-state index contributed by atoms with van der Waals surface area (Å²) in [6, 6.07) is 3.33. The van der Waals surface area contributed by atoms with E-state index in [4.69, 9.17) is 4.42 Å². The smallest absolute Gasteiger partial charge is 0.287 e. The first kappa shape index (κ1) is 14.6. The molecule has 1 fully saturated rings. The van der Waals surface area contributed by atoms with Crippen molar-refractivity contribution in [3.05, 3.63) is 22.6 Å². The summed E-state index contributed by atoms with van der Waals surface area (Å²) in [5, 5.41) is 7.56. The summed E-state index contributed by atoms with van der Waals surface area (Å²) in [7, 11) is 0. The van der Waals surface area contributed by atoms with Crippen molar-refractivity contribution in [2.24, 2.45) is 0 Å². The van der Waals surface area contributed by atoms with E-state index in [0.717, 1.165) is 12.8 Å². The summed E-state index contributed by atoms with van der Waals surface area (Å²) in [6.45, 7) is -0.300. The molecule has 0 bridgehead atoms. The first-order valence-electron chi connectivity index (χ1n) is 6.14. The second-order valence-corrected chi connectivity index (χ2v) is 5.19. The van der Waals surface area contributed by atoms with Gasteiger partial charge in [0.1, 0.15) is 0 Å². The van der Waals surface area contributed by atoms with Crippen LogP contribution in [0.15, 0.2) is 21.2 Å². The van der Waals surface area contributed by atoms with E-state index in [9.17, 15) is 14.4 Å². The molecule has 1 aliphatic rings. The summed E-state index contributed by atoms with van der Waals surface area (Å²) in [5.41, 5.74) is 0. The van der Waals surface area contributed by atoms with Gasteiger partial charge in [-0.3, -0.25) is 14.4 Å². The van der Waals surface area contributed by atoms with Gasteiger partial charge in [0.2, 0.25) is 11.8 Å². The highest BCUT2D eigenvalue weighted by molar-refractivity contribution is 9.10. The van der Waals surface area contributed by atoms with Crippen molar-refractivity contribution in [3.63, 3.8) is 0 Å². The summed E-state index contributed by atoms with van der Waals surface area (Å²) in [6.07, 6.45) is 1.99. The van der Waals surface area contributed by atoms with Gasteiger partial charge in [0.25, 0.3) is 5.91 Å². The van der Waals surface area contributed by atoms with Crippen LogP contribution in [0.2, 0.25) is 0 Å². The van der Waals surface area contributed by atoms with E-state index in [2.05, 4.69) is 31.9 Å². The van der Waals surface area contributed by atoms with Crippen LogP contribution in [0, 0.1) is 0 Å². The molecule has 1 aliphatic carbocycles. The topological polar surface area (TPSA) is 100 Å². The average Bonchev–Trinajstić information content (AvgIpc) is 3.12. The fourth-order valence-electron chi connectivity index (χ4n) is 1.43. The average molecular weight is 344 g/mol. The van der Waals surface area contributed by atoms with Crippen LogP contribution in [0.3, 0.4) is 0 Å². The Morgan fingerprint density at radius 3 is 2.45 bits per heavy atom. The molecule has 0 atom stereocenters. The monoisotopic (exact) mass is 343 g/mol. The Morgan fingerprint density at radius 1 is 1.15 bits per heavy atom. The van der Waals surface area contributed by atoms with Gasteiger partial charge in [-0.2, -0.15) is 0 Å². The summed E-state index contributed by atoms with van der Waals surface area (Å²) in [5.74, 6) is -1.04. The van der Waals surface area contributed by atoms with Crippen molar-refractivity contribution in [1.82, 2.24) is 16.0 Å². The Bertz CT molecular complexity index is 525. The number of hydrogen-bond donors (Lipinski definition) is 3. The Balaban J connectivity index is 1.64. The lowest BCUT2D eigenvalue weighted by Gasteiger charge is -2.06. The molecule has 1 aromatic rings. The van der Waals surface area contributed by atoms with Crippen LogP contribution in [0.1, 0.15) is 23.4 Å². The SMILES string of the molecule is O=C(CNC(=O)c1ccc(Br)o1)NCC(=O)NC1CC1. The molecule has 3 N–H and O–H groups in total. The van der Waals surface area contributed by atoms with E-state index >= 15 is 0 Å². The number of carbonyl (C=O) groups excluding carboxylic acids is 3. The van der Waals surface area contributed by atoms with Crippen molar-refractivity contribution < 1.29 is 18.8 Å². The molecule has 1 aromatic heterocycles. The predicted molar refractivity (Wildman–Crippen MR) is 72.9 cm³/mol. The molecular formula is C12H14BrN3O4. The zero-order valence-electron chi connectivity index (χ0n) is 10.6. The molecule has 2 rings (SSSR count). The van der Waals surface area contributed by atoms with Gasteiger partial charge < -0.3 is 20.4 Å². The fraction of sp³-hybridized carbons (Fsp3) is 0.417. The normalized spacial score (nSPS) is 13.7. The van der Waals surface area contributed by atoms with Crippen LogP contribution < -0.4 is 16.0 Å². The molecule has 0 aromatic carbocycles. The van der Waals surface area contributed by atoms with Gasteiger partial charge >= 0.3 is 0 Å². The van der Waals surface area contributed by atoms with E-state index in [-0.39, 0.29) is 30.8 Å². The Hall–Kier alpha value is -1.83. The maximum Gasteiger partial charge on any atom is 0.287 e. The van der Waals surface area contributed by atoms with Crippen molar-refractivity contribution in [2.75, 3.05) is 13.1 Å². The number of carbonyl (C=O) groups is 3.